The summed E-state index contributed by atoms with van der Waals surface area (Å²) in [5.74, 6) is -0.0561. The van der Waals surface area contributed by atoms with Crippen molar-refractivity contribution in [1.82, 2.24) is 19.9 Å². The minimum absolute atomic E-state index is 0.272. The van der Waals surface area contributed by atoms with Crippen molar-refractivity contribution in [2.24, 2.45) is 0 Å². The molecule has 20 heavy (non-hydrogen) atoms. The normalized spacial score (nSPS) is 10.4. The van der Waals surface area contributed by atoms with Crippen LogP contribution in [-0.2, 0) is 0 Å². The average molecular weight is 287 g/mol. The second-order valence-electron chi connectivity index (χ2n) is 3.97. The largest absolute Gasteiger partial charge is 0.301 e. The van der Waals surface area contributed by atoms with Crippen molar-refractivity contribution in [2.75, 3.05) is 5.32 Å². The highest BCUT2D eigenvalue weighted by Crippen LogP contribution is 2.24. The summed E-state index contributed by atoms with van der Waals surface area (Å²) in [6.45, 7) is 1.72. The third-order valence-electron chi connectivity index (χ3n) is 2.63. The van der Waals surface area contributed by atoms with E-state index in [4.69, 9.17) is 4.63 Å². The van der Waals surface area contributed by atoms with E-state index in [9.17, 15) is 4.79 Å². The van der Waals surface area contributed by atoms with Crippen LogP contribution in [0.3, 0.4) is 0 Å². The van der Waals surface area contributed by atoms with Crippen molar-refractivity contribution >= 4 is 23.3 Å². The van der Waals surface area contributed by atoms with E-state index >= 15 is 0 Å². The van der Waals surface area contributed by atoms with Crippen molar-refractivity contribution in [3.05, 3.63) is 40.9 Å². The number of carbonyl (C=O) groups is 1. The van der Waals surface area contributed by atoms with Crippen LogP contribution in [0, 0.1) is 6.92 Å². The first-order chi connectivity index (χ1) is 9.75. The van der Waals surface area contributed by atoms with E-state index in [-0.39, 0.29) is 11.7 Å². The van der Waals surface area contributed by atoms with Gasteiger partial charge >= 0.3 is 0 Å². The molecule has 0 saturated carbocycles. The molecule has 0 aliphatic rings. The quantitative estimate of drug-likeness (QED) is 0.793. The summed E-state index contributed by atoms with van der Waals surface area (Å²) in [5, 5.41) is 14.0. The molecule has 7 nitrogen and oxygen atoms in total. The van der Waals surface area contributed by atoms with Crippen molar-refractivity contribution in [2.45, 2.75) is 6.92 Å². The molecule has 1 amide bonds. The van der Waals surface area contributed by atoms with Crippen LogP contribution in [0.2, 0.25) is 0 Å². The maximum absolute atomic E-state index is 12.1. The van der Waals surface area contributed by atoms with Gasteiger partial charge in [-0.1, -0.05) is 34.8 Å². The molecule has 0 atom stereocenters. The molecule has 0 bridgehead atoms. The van der Waals surface area contributed by atoms with Gasteiger partial charge in [-0.05, 0) is 28.8 Å². The monoisotopic (exact) mass is 287 g/mol. The number of rotatable bonds is 3. The van der Waals surface area contributed by atoms with Gasteiger partial charge < -0.3 is 5.32 Å². The maximum atomic E-state index is 12.1. The van der Waals surface area contributed by atoms with Crippen LogP contribution >= 0.6 is 11.5 Å². The van der Waals surface area contributed by atoms with Gasteiger partial charge in [0.15, 0.2) is 5.69 Å². The van der Waals surface area contributed by atoms with Crippen molar-refractivity contribution in [3.63, 3.8) is 0 Å². The molecule has 2 heterocycles. The molecule has 0 aliphatic heterocycles. The second kappa shape index (κ2) is 5.17. The molecule has 2 aromatic heterocycles. The fourth-order valence-corrected chi connectivity index (χ4v) is 2.21. The van der Waals surface area contributed by atoms with Gasteiger partial charge in [-0.25, -0.2) is 4.63 Å². The van der Waals surface area contributed by atoms with Gasteiger partial charge in [-0.15, -0.1) is 5.10 Å². The fraction of sp³-hybridized carbons (Fsp3) is 0.0833. The molecule has 100 valence electrons. The highest BCUT2D eigenvalue weighted by molar-refractivity contribution is 7.08. The van der Waals surface area contributed by atoms with Crippen molar-refractivity contribution in [1.29, 1.82) is 0 Å². The van der Waals surface area contributed by atoms with Gasteiger partial charge in [0, 0.05) is 5.56 Å². The van der Waals surface area contributed by atoms with Crippen LogP contribution in [0.5, 0.6) is 0 Å². The van der Waals surface area contributed by atoms with Gasteiger partial charge in [-0.2, -0.15) is 0 Å². The molecular formula is C12H9N5O2S. The van der Waals surface area contributed by atoms with Crippen LogP contribution in [0.1, 0.15) is 15.4 Å². The van der Waals surface area contributed by atoms with Crippen LogP contribution < -0.4 is 5.32 Å². The number of aryl methyl sites for hydroxylation is 1. The number of hydrogen-bond acceptors (Lipinski definition) is 7. The van der Waals surface area contributed by atoms with E-state index < -0.39 is 0 Å². The van der Waals surface area contributed by atoms with Crippen molar-refractivity contribution < 1.29 is 9.42 Å². The SMILES string of the molecule is Cc1nnsc1C(=O)Nc1nonc1-c1ccccc1. The number of anilines is 1. The Morgan fingerprint density at radius 3 is 2.75 bits per heavy atom. The Labute approximate surface area is 117 Å². The lowest BCUT2D eigenvalue weighted by Crippen LogP contribution is -2.12. The van der Waals surface area contributed by atoms with Gasteiger partial charge in [0.1, 0.15) is 4.88 Å². The lowest BCUT2D eigenvalue weighted by atomic mass is 10.1. The minimum Gasteiger partial charge on any atom is -0.301 e. The summed E-state index contributed by atoms with van der Waals surface area (Å²) in [7, 11) is 0. The molecule has 0 saturated heterocycles. The Hall–Kier alpha value is -2.61. The molecule has 3 rings (SSSR count). The number of nitrogens with zero attached hydrogens (tertiary/aromatic N) is 4. The van der Waals surface area contributed by atoms with Crippen LogP contribution in [0.15, 0.2) is 35.0 Å². The maximum Gasteiger partial charge on any atom is 0.270 e. The van der Waals surface area contributed by atoms with Gasteiger partial charge in [0.2, 0.25) is 5.82 Å². The number of aromatic nitrogens is 4. The van der Waals surface area contributed by atoms with E-state index in [0.717, 1.165) is 17.1 Å². The topological polar surface area (TPSA) is 93.8 Å². The first-order valence-corrected chi connectivity index (χ1v) is 6.51. The first-order valence-electron chi connectivity index (χ1n) is 5.74. The predicted molar refractivity (Wildman–Crippen MR) is 72.3 cm³/mol. The third-order valence-corrected chi connectivity index (χ3v) is 3.45. The van der Waals surface area contributed by atoms with Crippen LogP contribution in [-0.4, -0.2) is 25.8 Å². The third kappa shape index (κ3) is 2.28. The minimum atomic E-state index is -0.328. The molecule has 0 unspecified atom stereocenters. The molecule has 0 fully saturated rings. The summed E-state index contributed by atoms with van der Waals surface area (Å²) in [5.41, 5.74) is 1.86. The second-order valence-corrected chi connectivity index (χ2v) is 4.72. The highest BCUT2D eigenvalue weighted by atomic mass is 32.1. The zero-order valence-electron chi connectivity index (χ0n) is 10.4. The lowest BCUT2D eigenvalue weighted by Gasteiger charge is -2.01. The molecule has 1 aromatic carbocycles. The van der Waals surface area contributed by atoms with E-state index in [1.165, 1.54) is 0 Å². The summed E-state index contributed by atoms with van der Waals surface area (Å²) in [6, 6.07) is 9.34. The smallest absolute Gasteiger partial charge is 0.270 e. The predicted octanol–water partition coefficient (Wildman–Crippen LogP) is 2.15. The first kappa shape index (κ1) is 12.4. The number of amides is 1. The molecule has 0 aliphatic carbocycles. The van der Waals surface area contributed by atoms with Gasteiger partial charge in [-0.3, -0.25) is 4.79 Å². The summed E-state index contributed by atoms with van der Waals surface area (Å²) < 4.78 is 8.43. The Kier molecular flexibility index (Phi) is 3.21. The number of benzene rings is 1. The highest BCUT2D eigenvalue weighted by Gasteiger charge is 2.18. The van der Waals surface area contributed by atoms with E-state index in [1.54, 1.807) is 6.92 Å². The standard InChI is InChI=1S/C12H9N5O2S/c1-7-10(20-17-14-7)12(18)13-11-9(15-19-16-11)8-5-3-2-4-6-8/h2-6H,1H3,(H,13,16,18). The summed E-state index contributed by atoms with van der Waals surface area (Å²) >= 11 is 1.03. The van der Waals surface area contributed by atoms with Crippen LogP contribution in [0.4, 0.5) is 5.82 Å². The summed E-state index contributed by atoms with van der Waals surface area (Å²) in [4.78, 5) is 12.5. The summed E-state index contributed by atoms with van der Waals surface area (Å²) in [6.07, 6.45) is 0. The van der Waals surface area contributed by atoms with E-state index in [2.05, 4.69) is 25.2 Å². The zero-order valence-corrected chi connectivity index (χ0v) is 11.2. The van der Waals surface area contributed by atoms with E-state index in [0.29, 0.717) is 16.3 Å². The van der Waals surface area contributed by atoms with Crippen molar-refractivity contribution in [3.8, 4) is 11.3 Å². The molecule has 8 heteroatoms. The number of hydrogen-bond donors (Lipinski definition) is 1. The Bertz CT molecular complexity index is 737. The van der Waals surface area contributed by atoms with Gasteiger partial charge in [0.05, 0.1) is 5.69 Å². The van der Waals surface area contributed by atoms with Gasteiger partial charge in [0.25, 0.3) is 5.91 Å². The Balaban J connectivity index is 1.88. The zero-order chi connectivity index (χ0) is 13.9. The molecular weight excluding hydrogens is 278 g/mol. The average Bonchev–Trinajstić information content (AvgIpc) is 3.08. The number of carbonyl (C=O) groups excluding carboxylic acids is 1. The molecule has 3 aromatic rings. The fourth-order valence-electron chi connectivity index (χ4n) is 1.66. The van der Waals surface area contributed by atoms with Crippen LogP contribution in [0.25, 0.3) is 11.3 Å². The number of nitrogens with one attached hydrogen (secondary N) is 1. The molecule has 1 N–H and O–H groups in total. The lowest BCUT2D eigenvalue weighted by molar-refractivity contribution is 0.102. The Morgan fingerprint density at radius 2 is 2.05 bits per heavy atom. The van der Waals surface area contributed by atoms with E-state index in [1.807, 2.05) is 30.3 Å². The molecule has 0 radical (unpaired) electrons. The Morgan fingerprint density at radius 1 is 1.25 bits per heavy atom. The molecule has 0 spiro atoms.